The maximum Gasteiger partial charge on any atom is 0.417 e. The molecule has 0 aliphatic rings. The molecule has 0 heterocycles. The van der Waals surface area contributed by atoms with Crippen molar-refractivity contribution in [2.75, 3.05) is 13.6 Å². The molecular formula is C22H24ClF3N2O. The van der Waals surface area contributed by atoms with Crippen molar-refractivity contribution in [3.05, 3.63) is 63.2 Å². The van der Waals surface area contributed by atoms with E-state index in [9.17, 15) is 13.2 Å². The Balaban J connectivity index is 2.34. The number of alkyl halides is 3. The fourth-order valence-corrected chi connectivity index (χ4v) is 2.98. The van der Waals surface area contributed by atoms with Crippen molar-refractivity contribution < 1.29 is 17.9 Å². The molecule has 0 saturated carbocycles. The van der Waals surface area contributed by atoms with Crippen LogP contribution in [-0.4, -0.2) is 24.3 Å². The predicted octanol–water partition coefficient (Wildman–Crippen LogP) is 7.10. The van der Waals surface area contributed by atoms with Crippen LogP contribution in [0.2, 0.25) is 5.02 Å². The lowest BCUT2D eigenvalue weighted by atomic mass is 10.0. The molecule has 0 aromatic heterocycles. The Labute approximate surface area is 174 Å². The van der Waals surface area contributed by atoms with E-state index >= 15 is 0 Å². The molecule has 0 bridgehead atoms. The number of halogens is 4. The average Bonchev–Trinajstić information content (AvgIpc) is 2.64. The van der Waals surface area contributed by atoms with Gasteiger partial charge in [-0.05, 0) is 86.4 Å². The normalized spacial score (nSPS) is 12.1. The van der Waals surface area contributed by atoms with Gasteiger partial charge in [-0.1, -0.05) is 11.6 Å². The van der Waals surface area contributed by atoms with E-state index in [2.05, 4.69) is 0 Å². The number of benzene rings is 2. The summed E-state index contributed by atoms with van der Waals surface area (Å²) in [6.07, 6.45) is -2.63. The molecule has 0 spiro atoms. The van der Waals surface area contributed by atoms with E-state index in [4.69, 9.17) is 21.7 Å². The summed E-state index contributed by atoms with van der Waals surface area (Å²) in [5.74, 6) is 0.967. The smallest absolute Gasteiger partial charge is 0.417 e. The van der Waals surface area contributed by atoms with Crippen LogP contribution in [0.15, 0.2) is 35.9 Å². The third kappa shape index (κ3) is 5.54. The molecule has 29 heavy (non-hydrogen) atoms. The van der Waals surface area contributed by atoms with Gasteiger partial charge in [-0.15, -0.1) is 0 Å². The Morgan fingerprint density at radius 1 is 1.17 bits per heavy atom. The zero-order valence-electron chi connectivity index (χ0n) is 17.0. The molecule has 0 atom stereocenters. The van der Waals surface area contributed by atoms with E-state index in [1.54, 1.807) is 6.07 Å². The highest BCUT2D eigenvalue weighted by atomic mass is 35.5. The first kappa shape index (κ1) is 22.8. The second-order valence-electron chi connectivity index (χ2n) is 6.91. The molecule has 0 aliphatic heterocycles. The monoisotopic (exact) mass is 424 g/mol. The Bertz CT molecular complexity index is 952. The minimum absolute atomic E-state index is 0.0649. The second kappa shape index (κ2) is 8.91. The van der Waals surface area contributed by atoms with E-state index in [1.807, 2.05) is 51.8 Å². The lowest BCUT2D eigenvalue weighted by Gasteiger charge is -2.18. The van der Waals surface area contributed by atoms with Crippen LogP contribution >= 0.6 is 11.6 Å². The van der Waals surface area contributed by atoms with Gasteiger partial charge >= 0.3 is 6.18 Å². The molecule has 0 saturated heterocycles. The van der Waals surface area contributed by atoms with E-state index in [1.165, 1.54) is 12.1 Å². The molecule has 7 heteroatoms. The minimum Gasteiger partial charge on any atom is -0.457 e. The lowest BCUT2D eigenvalue weighted by Crippen LogP contribution is -2.26. The lowest BCUT2D eigenvalue weighted by molar-refractivity contribution is -0.137. The van der Waals surface area contributed by atoms with Gasteiger partial charge in [0, 0.05) is 13.6 Å². The molecule has 2 rings (SSSR count). The van der Waals surface area contributed by atoms with Crippen LogP contribution in [-0.2, 0) is 6.18 Å². The molecule has 1 N–H and O–H groups in total. The van der Waals surface area contributed by atoms with Crippen molar-refractivity contribution in [1.29, 1.82) is 5.41 Å². The van der Waals surface area contributed by atoms with Gasteiger partial charge in [-0.25, -0.2) is 0 Å². The topological polar surface area (TPSA) is 36.3 Å². The van der Waals surface area contributed by atoms with Crippen molar-refractivity contribution in [1.82, 2.24) is 4.90 Å². The minimum atomic E-state index is -4.55. The Kier molecular flexibility index (Phi) is 7.01. The number of nitrogens with one attached hydrogen (secondary N) is 1. The molecule has 2 aromatic carbocycles. The van der Waals surface area contributed by atoms with Gasteiger partial charge in [0.05, 0.1) is 10.6 Å². The maximum atomic E-state index is 13.1. The van der Waals surface area contributed by atoms with Gasteiger partial charge in [-0.2, -0.15) is 13.2 Å². The quantitative estimate of drug-likeness (QED) is 0.410. The van der Waals surface area contributed by atoms with E-state index in [0.29, 0.717) is 11.6 Å². The number of likely N-dealkylation sites (N-methyl/N-ethyl adjacent to an activating group) is 1. The average molecular weight is 425 g/mol. The van der Waals surface area contributed by atoms with Crippen LogP contribution in [0.5, 0.6) is 11.5 Å². The van der Waals surface area contributed by atoms with Gasteiger partial charge in [-0.3, -0.25) is 5.41 Å². The highest BCUT2D eigenvalue weighted by Crippen LogP contribution is 2.38. The fourth-order valence-electron chi connectivity index (χ4n) is 2.75. The molecule has 2 aromatic rings. The Morgan fingerprint density at radius 3 is 2.41 bits per heavy atom. The van der Waals surface area contributed by atoms with E-state index in [0.717, 1.165) is 34.9 Å². The van der Waals surface area contributed by atoms with Gasteiger partial charge in [0.1, 0.15) is 17.3 Å². The van der Waals surface area contributed by atoms with E-state index < -0.39 is 11.7 Å². The highest BCUT2D eigenvalue weighted by Gasteiger charge is 2.33. The first-order valence-electron chi connectivity index (χ1n) is 9.08. The number of hydrogen-bond donors (Lipinski definition) is 1. The number of nitrogens with zero attached hydrogens (tertiary/aromatic N) is 1. The molecular weight excluding hydrogens is 401 g/mol. The molecule has 0 radical (unpaired) electrons. The van der Waals surface area contributed by atoms with Crippen LogP contribution in [0.25, 0.3) is 6.08 Å². The zero-order chi connectivity index (χ0) is 21.9. The predicted molar refractivity (Wildman–Crippen MR) is 112 cm³/mol. The Morgan fingerprint density at radius 2 is 1.83 bits per heavy atom. The van der Waals surface area contributed by atoms with E-state index in [-0.39, 0.29) is 10.8 Å². The molecule has 0 unspecified atom stereocenters. The van der Waals surface area contributed by atoms with Crippen molar-refractivity contribution in [2.24, 2.45) is 0 Å². The zero-order valence-corrected chi connectivity index (χ0v) is 17.8. The summed E-state index contributed by atoms with van der Waals surface area (Å²) >= 11 is 5.66. The summed E-state index contributed by atoms with van der Waals surface area (Å²) in [7, 11) is 1.86. The number of ether oxygens (including phenoxy) is 1. The molecule has 3 nitrogen and oxygen atoms in total. The largest absolute Gasteiger partial charge is 0.457 e. The standard InChI is InChI=1S/C22H24ClF3N2O/c1-6-28(5)21(27)15(4)10-16-9-14(3)20(11-13(16)2)29-17-7-8-19(23)18(12-17)22(24,25)26/h7-12,27H,6H2,1-5H3. The van der Waals surface area contributed by atoms with Crippen LogP contribution in [0.4, 0.5) is 13.2 Å². The molecule has 0 fully saturated rings. The summed E-state index contributed by atoms with van der Waals surface area (Å²) in [6.45, 7) is 8.30. The van der Waals surface area contributed by atoms with Crippen molar-refractivity contribution in [3.63, 3.8) is 0 Å². The van der Waals surface area contributed by atoms with Crippen LogP contribution in [0.1, 0.15) is 36.1 Å². The maximum absolute atomic E-state index is 13.1. The number of aryl methyl sites for hydroxylation is 2. The van der Waals surface area contributed by atoms with Crippen LogP contribution in [0.3, 0.4) is 0 Å². The summed E-state index contributed by atoms with van der Waals surface area (Å²) in [6, 6.07) is 7.17. The number of hydrogen-bond acceptors (Lipinski definition) is 2. The SMILES string of the molecule is CCN(C)C(=N)C(C)=Cc1cc(C)c(Oc2ccc(Cl)c(C(F)(F)F)c2)cc1C. The third-order valence-electron chi connectivity index (χ3n) is 4.64. The molecule has 0 aliphatic carbocycles. The number of amidine groups is 1. The fraction of sp³-hybridized carbons (Fsp3) is 0.318. The first-order valence-corrected chi connectivity index (χ1v) is 9.46. The van der Waals surface area contributed by atoms with Crippen LogP contribution < -0.4 is 4.74 Å². The first-order chi connectivity index (χ1) is 13.4. The molecule has 156 valence electrons. The number of rotatable bonds is 5. The van der Waals surface area contributed by atoms with Gasteiger partial charge in [0.2, 0.25) is 0 Å². The molecule has 0 amide bonds. The van der Waals surface area contributed by atoms with Gasteiger partial charge < -0.3 is 9.64 Å². The van der Waals surface area contributed by atoms with Crippen molar-refractivity contribution >= 4 is 23.5 Å². The Hall–Kier alpha value is -2.47. The van der Waals surface area contributed by atoms with Gasteiger partial charge in [0.15, 0.2) is 0 Å². The summed E-state index contributed by atoms with van der Waals surface area (Å²) in [5.41, 5.74) is 2.47. The summed E-state index contributed by atoms with van der Waals surface area (Å²) < 4.78 is 44.9. The van der Waals surface area contributed by atoms with Crippen LogP contribution in [0, 0.1) is 19.3 Å². The van der Waals surface area contributed by atoms with Crippen molar-refractivity contribution in [2.45, 2.75) is 33.9 Å². The second-order valence-corrected chi connectivity index (χ2v) is 7.31. The van der Waals surface area contributed by atoms with Crippen molar-refractivity contribution in [3.8, 4) is 11.5 Å². The highest BCUT2D eigenvalue weighted by molar-refractivity contribution is 6.31. The van der Waals surface area contributed by atoms with Gasteiger partial charge in [0.25, 0.3) is 0 Å². The third-order valence-corrected chi connectivity index (χ3v) is 4.97. The summed E-state index contributed by atoms with van der Waals surface area (Å²) in [5, 5.41) is 7.82. The summed E-state index contributed by atoms with van der Waals surface area (Å²) in [4.78, 5) is 1.84.